The summed E-state index contributed by atoms with van der Waals surface area (Å²) in [6.45, 7) is 4.84. The van der Waals surface area contributed by atoms with Crippen molar-refractivity contribution < 1.29 is 9.59 Å². The highest BCUT2D eigenvalue weighted by Crippen LogP contribution is 2.25. The second kappa shape index (κ2) is 8.88. The van der Waals surface area contributed by atoms with Gasteiger partial charge in [0.15, 0.2) is 0 Å². The molecule has 0 bridgehead atoms. The molecule has 0 aliphatic heterocycles. The Labute approximate surface area is 157 Å². The number of hydrogen-bond donors (Lipinski definition) is 2. The summed E-state index contributed by atoms with van der Waals surface area (Å²) in [4.78, 5) is 24.3. The van der Waals surface area contributed by atoms with E-state index in [2.05, 4.69) is 24.5 Å². The Morgan fingerprint density at radius 3 is 2.12 bits per heavy atom. The Bertz CT molecular complexity index is 759. The van der Waals surface area contributed by atoms with Crippen molar-refractivity contribution in [1.29, 1.82) is 0 Å². The van der Waals surface area contributed by atoms with E-state index >= 15 is 0 Å². The summed E-state index contributed by atoms with van der Waals surface area (Å²) in [6, 6.07) is 11.3. The van der Waals surface area contributed by atoms with Crippen LogP contribution in [0.15, 0.2) is 42.5 Å². The fraction of sp³-hybridized carbons (Fsp3) is 0.263. The van der Waals surface area contributed by atoms with E-state index in [1.54, 1.807) is 42.5 Å². The van der Waals surface area contributed by atoms with Crippen LogP contribution in [0.2, 0.25) is 10.0 Å². The first-order valence-electron chi connectivity index (χ1n) is 8.01. The lowest BCUT2D eigenvalue weighted by atomic mass is 10.1. The number of halogens is 2. The highest BCUT2D eigenvalue weighted by Gasteiger charge is 2.11. The van der Waals surface area contributed by atoms with Crippen LogP contribution >= 0.6 is 23.2 Å². The Kier molecular flexibility index (Phi) is 6.85. The molecule has 2 amide bonds. The van der Waals surface area contributed by atoms with Crippen LogP contribution in [0.4, 0.5) is 5.69 Å². The summed E-state index contributed by atoms with van der Waals surface area (Å²) in [5, 5.41) is 6.44. The second-order valence-electron chi connectivity index (χ2n) is 6.09. The van der Waals surface area contributed by atoms with E-state index in [0.29, 0.717) is 39.3 Å². The van der Waals surface area contributed by atoms with Gasteiger partial charge in [0.05, 0.1) is 10.7 Å². The van der Waals surface area contributed by atoms with E-state index in [1.165, 1.54) is 0 Å². The maximum atomic E-state index is 12.3. The quantitative estimate of drug-likeness (QED) is 0.740. The predicted octanol–water partition coefficient (Wildman–Crippen LogP) is 5.02. The first-order valence-corrected chi connectivity index (χ1v) is 8.77. The summed E-state index contributed by atoms with van der Waals surface area (Å²) in [7, 11) is 0. The minimum absolute atomic E-state index is 0.145. The summed E-state index contributed by atoms with van der Waals surface area (Å²) in [5.74, 6) is 0.0791. The van der Waals surface area contributed by atoms with Gasteiger partial charge in [0.1, 0.15) is 0 Å². The fourth-order valence-electron chi connectivity index (χ4n) is 2.13. The van der Waals surface area contributed by atoms with Gasteiger partial charge >= 0.3 is 0 Å². The third-order valence-corrected chi connectivity index (χ3v) is 4.14. The predicted molar refractivity (Wildman–Crippen MR) is 103 cm³/mol. The fourth-order valence-corrected chi connectivity index (χ4v) is 2.59. The molecule has 132 valence electrons. The smallest absolute Gasteiger partial charge is 0.255 e. The zero-order valence-electron chi connectivity index (χ0n) is 14.1. The lowest BCUT2D eigenvalue weighted by Crippen LogP contribution is -2.25. The molecular formula is C19H20Cl2N2O2. The van der Waals surface area contributed by atoms with Crippen molar-refractivity contribution in [2.75, 3.05) is 11.9 Å². The topological polar surface area (TPSA) is 58.2 Å². The zero-order valence-corrected chi connectivity index (χ0v) is 15.6. The third-order valence-electron chi connectivity index (χ3n) is 3.60. The van der Waals surface area contributed by atoms with Gasteiger partial charge in [0, 0.05) is 22.7 Å². The number of carbonyl (C=O) groups is 2. The van der Waals surface area contributed by atoms with E-state index in [9.17, 15) is 9.59 Å². The van der Waals surface area contributed by atoms with Crippen molar-refractivity contribution in [3.05, 3.63) is 63.6 Å². The molecule has 0 spiro atoms. The molecule has 0 aromatic heterocycles. The molecule has 6 heteroatoms. The van der Waals surface area contributed by atoms with Crippen molar-refractivity contribution in [1.82, 2.24) is 5.32 Å². The average molecular weight is 379 g/mol. The second-order valence-corrected chi connectivity index (χ2v) is 6.94. The third kappa shape index (κ3) is 5.76. The Morgan fingerprint density at radius 2 is 1.56 bits per heavy atom. The monoisotopic (exact) mass is 378 g/mol. The van der Waals surface area contributed by atoms with E-state index in [1.807, 2.05) is 0 Å². The molecule has 4 nitrogen and oxygen atoms in total. The molecular weight excluding hydrogens is 359 g/mol. The molecule has 0 aliphatic rings. The summed E-state index contributed by atoms with van der Waals surface area (Å²) >= 11 is 11.9. The molecule has 2 aromatic rings. The summed E-state index contributed by atoms with van der Waals surface area (Å²) in [6.07, 6.45) is 0.925. The van der Waals surface area contributed by atoms with Crippen LogP contribution in [0.3, 0.4) is 0 Å². The molecule has 0 radical (unpaired) electrons. The molecule has 0 unspecified atom stereocenters. The van der Waals surface area contributed by atoms with Crippen LogP contribution in [-0.2, 0) is 0 Å². The number of benzene rings is 2. The van der Waals surface area contributed by atoms with Gasteiger partial charge in [-0.25, -0.2) is 0 Å². The molecule has 0 saturated heterocycles. The van der Waals surface area contributed by atoms with Gasteiger partial charge in [-0.3, -0.25) is 9.59 Å². The average Bonchev–Trinajstić information content (AvgIpc) is 2.57. The van der Waals surface area contributed by atoms with Crippen LogP contribution in [0, 0.1) is 5.92 Å². The van der Waals surface area contributed by atoms with E-state index < -0.39 is 0 Å². The highest BCUT2D eigenvalue weighted by atomic mass is 35.5. The Morgan fingerprint density at radius 1 is 0.960 bits per heavy atom. The Balaban J connectivity index is 1.99. The normalized spacial score (nSPS) is 10.6. The number of carbonyl (C=O) groups excluding carboxylic acids is 2. The maximum absolute atomic E-state index is 12.3. The molecule has 0 saturated carbocycles. The van der Waals surface area contributed by atoms with E-state index in [0.717, 1.165) is 6.42 Å². The summed E-state index contributed by atoms with van der Waals surface area (Å²) < 4.78 is 0. The van der Waals surface area contributed by atoms with E-state index in [4.69, 9.17) is 23.2 Å². The van der Waals surface area contributed by atoms with Gasteiger partial charge < -0.3 is 10.6 Å². The zero-order chi connectivity index (χ0) is 18.4. The number of amides is 2. The number of anilines is 1. The minimum Gasteiger partial charge on any atom is -0.352 e. The highest BCUT2D eigenvalue weighted by molar-refractivity contribution is 6.36. The van der Waals surface area contributed by atoms with Crippen molar-refractivity contribution in [2.24, 2.45) is 5.92 Å². The number of hydrogen-bond acceptors (Lipinski definition) is 2. The molecule has 2 N–H and O–H groups in total. The van der Waals surface area contributed by atoms with Crippen LogP contribution in [-0.4, -0.2) is 18.4 Å². The number of nitrogens with one attached hydrogen (secondary N) is 2. The lowest BCUT2D eigenvalue weighted by molar-refractivity contribution is 0.0950. The minimum atomic E-state index is -0.309. The molecule has 25 heavy (non-hydrogen) atoms. The molecule has 2 rings (SSSR count). The van der Waals surface area contributed by atoms with Crippen LogP contribution in [0.1, 0.15) is 41.0 Å². The molecule has 0 fully saturated rings. The van der Waals surface area contributed by atoms with Crippen LogP contribution < -0.4 is 10.6 Å². The first-order chi connectivity index (χ1) is 11.9. The van der Waals surface area contributed by atoms with Crippen molar-refractivity contribution in [3.63, 3.8) is 0 Å². The molecule has 0 atom stereocenters. The van der Waals surface area contributed by atoms with Gasteiger partial charge in [-0.1, -0.05) is 37.0 Å². The first kappa shape index (κ1) is 19.3. The van der Waals surface area contributed by atoms with Crippen molar-refractivity contribution in [3.8, 4) is 0 Å². The Hall–Kier alpha value is -2.04. The number of rotatable bonds is 6. The van der Waals surface area contributed by atoms with Gasteiger partial charge in [-0.05, 0) is 54.8 Å². The largest absolute Gasteiger partial charge is 0.352 e. The van der Waals surface area contributed by atoms with Crippen molar-refractivity contribution >= 4 is 40.7 Å². The molecule has 0 heterocycles. The van der Waals surface area contributed by atoms with Gasteiger partial charge in [-0.15, -0.1) is 0 Å². The maximum Gasteiger partial charge on any atom is 0.255 e. The molecule has 2 aromatic carbocycles. The summed E-state index contributed by atoms with van der Waals surface area (Å²) in [5.41, 5.74) is 1.43. The lowest BCUT2D eigenvalue weighted by Gasteiger charge is -2.09. The van der Waals surface area contributed by atoms with Crippen LogP contribution in [0.25, 0.3) is 0 Å². The molecule has 0 aliphatic carbocycles. The van der Waals surface area contributed by atoms with Gasteiger partial charge in [0.2, 0.25) is 0 Å². The van der Waals surface area contributed by atoms with E-state index in [-0.39, 0.29) is 11.8 Å². The van der Waals surface area contributed by atoms with Crippen LogP contribution in [0.5, 0.6) is 0 Å². The SMILES string of the molecule is CC(C)CCNC(=O)c1ccc(C(=O)Nc2ccc(Cl)cc2Cl)cc1. The van der Waals surface area contributed by atoms with Gasteiger partial charge in [0.25, 0.3) is 11.8 Å². The van der Waals surface area contributed by atoms with Crippen molar-refractivity contribution in [2.45, 2.75) is 20.3 Å². The standard InChI is InChI=1S/C19H20Cl2N2O2/c1-12(2)9-10-22-18(24)13-3-5-14(6-4-13)19(25)23-17-8-7-15(20)11-16(17)21/h3-8,11-12H,9-10H2,1-2H3,(H,22,24)(H,23,25). The van der Waals surface area contributed by atoms with Gasteiger partial charge in [-0.2, -0.15) is 0 Å².